The maximum Gasteiger partial charge on any atom is 0.123 e. The van der Waals surface area contributed by atoms with E-state index >= 15 is 0 Å². The fourth-order valence-electron chi connectivity index (χ4n) is 2.68. The van der Waals surface area contributed by atoms with Gasteiger partial charge in [0.25, 0.3) is 0 Å². The molecule has 1 aromatic rings. The second-order valence-electron chi connectivity index (χ2n) is 6.70. The van der Waals surface area contributed by atoms with E-state index in [9.17, 15) is 4.39 Å². The summed E-state index contributed by atoms with van der Waals surface area (Å²) < 4.78 is 18.0. The number of hydrogen-bond acceptors (Lipinski definition) is 2. The van der Waals surface area contributed by atoms with Gasteiger partial charge in [0.15, 0.2) is 0 Å². The van der Waals surface area contributed by atoms with E-state index in [0.29, 0.717) is 12.0 Å². The molecule has 0 saturated heterocycles. The first kappa shape index (κ1) is 15.5. The Morgan fingerprint density at radius 1 is 1.25 bits per heavy atom. The van der Waals surface area contributed by atoms with Crippen molar-refractivity contribution in [3.8, 4) is 0 Å². The smallest absolute Gasteiger partial charge is 0.123 e. The zero-order chi connectivity index (χ0) is 14.6. The lowest BCUT2D eigenvalue weighted by molar-refractivity contribution is 0.144. The molecular formula is C17H26FNO. The summed E-state index contributed by atoms with van der Waals surface area (Å²) in [5, 5.41) is 3.65. The van der Waals surface area contributed by atoms with Crippen LogP contribution < -0.4 is 5.32 Å². The summed E-state index contributed by atoms with van der Waals surface area (Å²) in [5.74, 6) is 0.442. The van der Waals surface area contributed by atoms with Gasteiger partial charge >= 0.3 is 0 Å². The van der Waals surface area contributed by atoms with Gasteiger partial charge in [0.1, 0.15) is 5.82 Å². The van der Waals surface area contributed by atoms with Crippen molar-refractivity contribution < 1.29 is 9.13 Å². The zero-order valence-electron chi connectivity index (χ0n) is 12.8. The number of hydrogen-bond donors (Lipinski definition) is 1. The molecule has 112 valence electrons. The molecule has 0 heterocycles. The predicted molar refractivity (Wildman–Crippen MR) is 80.4 cm³/mol. The van der Waals surface area contributed by atoms with Gasteiger partial charge in [0.05, 0.1) is 0 Å². The van der Waals surface area contributed by atoms with E-state index in [-0.39, 0.29) is 11.2 Å². The van der Waals surface area contributed by atoms with E-state index in [1.807, 2.05) is 12.1 Å². The van der Waals surface area contributed by atoms with Gasteiger partial charge in [-0.2, -0.15) is 0 Å². The molecule has 1 aliphatic rings. The van der Waals surface area contributed by atoms with Gasteiger partial charge in [-0.3, -0.25) is 0 Å². The summed E-state index contributed by atoms with van der Waals surface area (Å²) in [4.78, 5) is 0. The van der Waals surface area contributed by atoms with Crippen LogP contribution in [0, 0.1) is 11.2 Å². The van der Waals surface area contributed by atoms with Gasteiger partial charge in [-0.15, -0.1) is 0 Å². The Morgan fingerprint density at radius 3 is 2.50 bits per heavy atom. The normalized spacial score (nSPS) is 22.6. The van der Waals surface area contributed by atoms with Gasteiger partial charge < -0.3 is 10.1 Å². The molecule has 3 heteroatoms. The third kappa shape index (κ3) is 4.29. The van der Waals surface area contributed by atoms with Crippen LogP contribution in [0.5, 0.6) is 0 Å². The van der Waals surface area contributed by atoms with Gasteiger partial charge in [-0.1, -0.05) is 26.0 Å². The molecule has 0 atom stereocenters. The van der Waals surface area contributed by atoms with Crippen LogP contribution in [0.2, 0.25) is 0 Å². The minimum atomic E-state index is -0.150. The molecular weight excluding hydrogens is 253 g/mol. The SMILES string of the molecule is COCCC(C)(C)CNC1CC(c2ccc(F)cc2)C1. The third-order valence-electron chi connectivity index (χ3n) is 4.33. The molecule has 2 rings (SSSR count). The van der Waals surface area contributed by atoms with Crippen LogP contribution >= 0.6 is 0 Å². The van der Waals surface area contributed by atoms with Crippen molar-refractivity contribution in [2.24, 2.45) is 5.41 Å². The summed E-state index contributed by atoms with van der Waals surface area (Å²) in [6.07, 6.45) is 3.39. The molecule has 0 aliphatic heterocycles. The first-order valence-electron chi connectivity index (χ1n) is 7.48. The molecule has 1 fully saturated rings. The first-order valence-corrected chi connectivity index (χ1v) is 7.48. The maximum atomic E-state index is 12.9. The highest BCUT2D eigenvalue weighted by Crippen LogP contribution is 2.37. The number of ether oxygens (including phenoxy) is 1. The van der Waals surface area contributed by atoms with E-state index < -0.39 is 0 Å². The van der Waals surface area contributed by atoms with Crippen LogP contribution in [0.15, 0.2) is 24.3 Å². The van der Waals surface area contributed by atoms with Crippen molar-refractivity contribution in [3.05, 3.63) is 35.6 Å². The molecule has 1 aromatic carbocycles. The Kier molecular flexibility index (Phi) is 5.17. The Labute approximate surface area is 121 Å². The van der Waals surface area contributed by atoms with Crippen molar-refractivity contribution in [2.75, 3.05) is 20.3 Å². The van der Waals surface area contributed by atoms with Gasteiger partial charge in [0, 0.05) is 26.3 Å². The molecule has 0 radical (unpaired) electrons. The zero-order valence-corrected chi connectivity index (χ0v) is 12.8. The van der Waals surface area contributed by atoms with Crippen molar-refractivity contribution in [2.45, 2.75) is 45.1 Å². The fraction of sp³-hybridized carbons (Fsp3) is 0.647. The number of benzene rings is 1. The highest BCUT2D eigenvalue weighted by Gasteiger charge is 2.31. The van der Waals surface area contributed by atoms with Crippen LogP contribution in [-0.2, 0) is 4.74 Å². The van der Waals surface area contributed by atoms with Gasteiger partial charge in [0.2, 0.25) is 0 Å². The minimum absolute atomic E-state index is 0.150. The Morgan fingerprint density at radius 2 is 1.90 bits per heavy atom. The minimum Gasteiger partial charge on any atom is -0.385 e. The van der Waals surface area contributed by atoms with Gasteiger partial charge in [-0.05, 0) is 48.3 Å². The first-order chi connectivity index (χ1) is 9.50. The maximum absolute atomic E-state index is 12.9. The number of halogens is 1. The molecule has 2 nitrogen and oxygen atoms in total. The summed E-state index contributed by atoms with van der Waals surface area (Å²) >= 11 is 0. The third-order valence-corrected chi connectivity index (χ3v) is 4.33. The lowest BCUT2D eigenvalue weighted by atomic mass is 9.75. The molecule has 0 amide bonds. The van der Waals surface area contributed by atoms with Crippen LogP contribution in [0.1, 0.15) is 44.6 Å². The second kappa shape index (κ2) is 6.68. The number of nitrogens with one attached hydrogen (secondary N) is 1. The van der Waals surface area contributed by atoms with E-state index in [4.69, 9.17) is 4.74 Å². The van der Waals surface area contributed by atoms with Crippen molar-refractivity contribution in [3.63, 3.8) is 0 Å². The van der Waals surface area contributed by atoms with Gasteiger partial charge in [-0.25, -0.2) is 4.39 Å². The average molecular weight is 279 g/mol. The highest BCUT2D eigenvalue weighted by molar-refractivity contribution is 5.23. The molecule has 20 heavy (non-hydrogen) atoms. The molecule has 1 saturated carbocycles. The van der Waals surface area contributed by atoms with Crippen molar-refractivity contribution in [1.82, 2.24) is 5.32 Å². The summed E-state index contributed by atoms with van der Waals surface area (Å²) in [7, 11) is 1.75. The summed E-state index contributed by atoms with van der Waals surface area (Å²) in [6, 6.07) is 7.55. The Balaban J connectivity index is 1.70. The van der Waals surface area contributed by atoms with E-state index in [1.165, 1.54) is 5.56 Å². The average Bonchev–Trinajstić information content (AvgIpc) is 2.36. The van der Waals surface area contributed by atoms with Crippen LogP contribution in [0.25, 0.3) is 0 Å². The van der Waals surface area contributed by atoms with E-state index in [1.54, 1.807) is 19.2 Å². The van der Waals surface area contributed by atoms with Crippen LogP contribution in [0.4, 0.5) is 4.39 Å². The van der Waals surface area contributed by atoms with Crippen LogP contribution in [-0.4, -0.2) is 26.3 Å². The molecule has 0 bridgehead atoms. The van der Waals surface area contributed by atoms with Crippen molar-refractivity contribution in [1.29, 1.82) is 0 Å². The summed E-state index contributed by atoms with van der Waals surface area (Å²) in [6.45, 7) is 6.39. The molecule has 1 N–H and O–H groups in total. The molecule has 0 unspecified atom stereocenters. The van der Waals surface area contributed by atoms with E-state index in [0.717, 1.165) is 32.4 Å². The number of methoxy groups -OCH3 is 1. The lowest BCUT2D eigenvalue weighted by Gasteiger charge is -2.38. The largest absolute Gasteiger partial charge is 0.385 e. The second-order valence-corrected chi connectivity index (χ2v) is 6.70. The van der Waals surface area contributed by atoms with E-state index in [2.05, 4.69) is 19.2 Å². The molecule has 0 spiro atoms. The van der Waals surface area contributed by atoms with Crippen molar-refractivity contribution >= 4 is 0 Å². The summed E-state index contributed by atoms with van der Waals surface area (Å²) in [5.41, 5.74) is 1.54. The Hall–Kier alpha value is -0.930. The topological polar surface area (TPSA) is 21.3 Å². The fourth-order valence-corrected chi connectivity index (χ4v) is 2.68. The van der Waals surface area contributed by atoms with Crippen LogP contribution in [0.3, 0.4) is 0 Å². The molecule has 0 aromatic heterocycles. The monoisotopic (exact) mass is 279 g/mol. The molecule has 1 aliphatic carbocycles. The Bertz CT molecular complexity index is 410. The quantitative estimate of drug-likeness (QED) is 0.821. The predicted octanol–water partition coefficient (Wildman–Crippen LogP) is 3.72. The number of rotatable bonds is 7. The lowest BCUT2D eigenvalue weighted by Crippen LogP contribution is -2.44. The standard InChI is InChI=1S/C17H26FNO/c1-17(2,8-9-20-3)12-19-16-10-14(11-16)13-4-6-15(18)7-5-13/h4-7,14,16,19H,8-12H2,1-3H3. The highest BCUT2D eigenvalue weighted by atomic mass is 19.1.